The van der Waals surface area contributed by atoms with Gasteiger partial charge in [0.2, 0.25) is 0 Å². The van der Waals surface area contributed by atoms with Crippen LogP contribution in [0.15, 0.2) is 35.1 Å². The molecule has 0 bridgehead atoms. The molecule has 0 fully saturated rings. The van der Waals surface area contributed by atoms with Gasteiger partial charge in [0.15, 0.2) is 0 Å². The lowest BCUT2D eigenvalue weighted by Crippen LogP contribution is -2.30. The number of carbonyl (C=O) groups excluding carboxylic acids is 1. The maximum absolute atomic E-state index is 12.9. The lowest BCUT2D eigenvalue weighted by molar-refractivity contribution is 0.0523. The molecule has 21 heavy (non-hydrogen) atoms. The van der Waals surface area contributed by atoms with Crippen LogP contribution >= 0.6 is 0 Å². The second-order valence-corrected chi connectivity index (χ2v) is 4.51. The van der Waals surface area contributed by atoms with Crippen molar-refractivity contribution in [2.75, 3.05) is 6.61 Å². The summed E-state index contributed by atoms with van der Waals surface area (Å²) in [6, 6.07) is 7.15. The lowest BCUT2D eigenvalue weighted by atomic mass is 10.2. The van der Waals surface area contributed by atoms with E-state index in [1.807, 2.05) is 0 Å². The van der Waals surface area contributed by atoms with Crippen LogP contribution in [-0.2, 0) is 11.3 Å². The summed E-state index contributed by atoms with van der Waals surface area (Å²) in [6.07, 6.45) is 0. The van der Waals surface area contributed by atoms with Crippen LogP contribution in [0.3, 0.4) is 0 Å². The fraction of sp³-hybridized carbons (Fsp3) is 0.267. The predicted molar refractivity (Wildman–Crippen MR) is 74.7 cm³/mol. The van der Waals surface area contributed by atoms with Gasteiger partial charge in [0.25, 0.3) is 5.56 Å². The van der Waals surface area contributed by atoms with Gasteiger partial charge in [-0.1, -0.05) is 12.1 Å². The second-order valence-electron chi connectivity index (χ2n) is 4.51. The molecule has 0 aliphatic heterocycles. The van der Waals surface area contributed by atoms with Crippen LogP contribution in [0.1, 0.15) is 28.5 Å². The van der Waals surface area contributed by atoms with E-state index in [9.17, 15) is 14.0 Å². The molecule has 1 heterocycles. The molecule has 2 rings (SSSR count). The van der Waals surface area contributed by atoms with E-state index in [1.165, 1.54) is 22.9 Å². The number of benzene rings is 1. The average Bonchev–Trinajstić information content (AvgIpc) is 2.45. The Balaban J connectivity index is 2.38. The van der Waals surface area contributed by atoms with Crippen LogP contribution in [0.4, 0.5) is 4.39 Å². The number of rotatable bonds is 4. The van der Waals surface area contributed by atoms with E-state index in [4.69, 9.17) is 4.74 Å². The van der Waals surface area contributed by atoms with Crippen LogP contribution < -0.4 is 5.56 Å². The highest BCUT2D eigenvalue weighted by Gasteiger charge is 2.15. The average molecular weight is 290 g/mol. The zero-order valence-corrected chi connectivity index (χ0v) is 11.8. The Bertz CT molecular complexity index is 708. The summed E-state index contributed by atoms with van der Waals surface area (Å²) in [5, 5.41) is 4.10. The lowest BCUT2D eigenvalue weighted by Gasteiger charge is -2.08. The summed E-state index contributed by atoms with van der Waals surface area (Å²) in [5.41, 5.74) is 0.668. The monoisotopic (exact) mass is 290 g/mol. The molecular weight excluding hydrogens is 275 g/mol. The molecule has 0 radical (unpaired) electrons. The molecule has 1 aromatic carbocycles. The molecule has 1 aromatic heterocycles. The number of aryl methyl sites for hydroxylation is 1. The van der Waals surface area contributed by atoms with Gasteiger partial charge >= 0.3 is 5.97 Å². The van der Waals surface area contributed by atoms with E-state index in [0.717, 1.165) is 0 Å². The van der Waals surface area contributed by atoms with Crippen molar-refractivity contribution in [2.24, 2.45) is 0 Å². The van der Waals surface area contributed by atoms with E-state index in [1.54, 1.807) is 26.0 Å². The van der Waals surface area contributed by atoms with Crippen molar-refractivity contribution in [3.8, 4) is 0 Å². The highest BCUT2D eigenvalue weighted by Crippen LogP contribution is 2.05. The van der Waals surface area contributed by atoms with Crippen molar-refractivity contribution in [1.82, 2.24) is 9.78 Å². The number of nitrogens with zero attached hydrogens (tertiary/aromatic N) is 2. The standard InChI is InChI=1S/C15H15FN2O3/c1-3-21-15(20)13-8-10(2)17-18(14(13)19)9-11-4-6-12(16)7-5-11/h4-8H,3,9H2,1-2H3. The molecule has 0 aliphatic rings. The van der Waals surface area contributed by atoms with Gasteiger partial charge in [-0.25, -0.2) is 13.9 Å². The number of hydrogen-bond acceptors (Lipinski definition) is 4. The molecule has 110 valence electrons. The largest absolute Gasteiger partial charge is 0.462 e. The zero-order chi connectivity index (χ0) is 15.4. The summed E-state index contributed by atoms with van der Waals surface area (Å²) < 4.78 is 18.9. The van der Waals surface area contributed by atoms with E-state index < -0.39 is 11.5 Å². The van der Waals surface area contributed by atoms with E-state index in [0.29, 0.717) is 11.3 Å². The van der Waals surface area contributed by atoms with E-state index in [-0.39, 0.29) is 24.5 Å². The SMILES string of the molecule is CCOC(=O)c1cc(C)nn(Cc2ccc(F)cc2)c1=O. The molecule has 0 spiro atoms. The summed E-state index contributed by atoms with van der Waals surface area (Å²) in [5.74, 6) is -1.02. The normalized spacial score (nSPS) is 10.4. The molecule has 5 nitrogen and oxygen atoms in total. The first-order chi connectivity index (χ1) is 10.0. The maximum Gasteiger partial charge on any atom is 0.343 e. The number of hydrogen-bond donors (Lipinski definition) is 0. The van der Waals surface area contributed by atoms with Gasteiger partial charge in [0.05, 0.1) is 18.8 Å². The predicted octanol–water partition coefficient (Wildman–Crippen LogP) is 1.92. The molecule has 0 saturated heterocycles. The third-order valence-electron chi connectivity index (χ3n) is 2.84. The maximum atomic E-state index is 12.9. The van der Waals surface area contributed by atoms with Crippen molar-refractivity contribution >= 4 is 5.97 Å². The Morgan fingerprint density at radius 3 is 2.62 bits per heavy atom. The van der Waals surface area contributed by atoms with Gasteiger partial charge in [-0.2, -0.15) is 5.10 Å². The minimum atomic E-state index is -0.666. The minimum absolute atomic E-state index is 0.0496. The molecule has 0 atom stereocenters. The summed E-state index contributed by atoms with van der Waals surface area (Å²) in [4.78, 5) is 24.0. The smallest absolute Gasteiger partial charge is 0.343 e. The molecule has 0 amide bonds. The van der Waals surface area contributed by atoms with Crippen LogP contribution in [0.2, 0.25) is 0 Å². The highest BCUT2D eigenvalue weighted by atomic mass is 19.1. The first-order valence-corrected chi connectivity index (χ1v) is 6.51. The van der Waals surface area contributed by atoms with Gasteiger partial charge < -0.3 is 4.74 Å². The fourth-order valence-electron chi connectivity index (χ4n) is 1.90. The molecule has 0 N–H and O–H groups in total. The molecular formula is C15H15FN2O3. The number of halogens is 1. The number of carbonyl (C=O) groups is 1. The quantitative estimate of drug-likeness (QED) is 0.807. The first kappa shape index (κ1) is 14.9. The van der Waals surface area contributed by atoms with Crippen LogP contribution in [0.25, 0.3) is 0 Å². The van der Waals surface area contributed by atoms with Crippen molar-refractivity contribution in [3.05, 3.63) is 63.3 Å². The number of ether oxygens (including phenoxy) is 1. The first-order valence-electron chi connectivity index (χ1n) is 6.51. The fourth-order valence-corrected chi connectivity index (χ4v) is 1.90. The van der Waals surface area contributed by atoms with Crippen LogP contribution in [0.5, 0.6) is 0 Å². The molecule has 0 unspecified atom stereocenters. The summed E-state index contributed by atoms with van der Waals surface area (Å²) in [6.45, 7) is 3.71. The van der Waals surface area contributed by atoms with Crippen LogP contribution in [0, 0.1) is 12.7 Å². The van der Waals surface area contributed by atoms with E-state index >= 15 is 0 Å². The van der Waals surface area contributed by atoms with Gasteiger partial charge in [-0.05, 0) is 37.6 Å². The topological polar surface area (TPSA) is 61.2 Å². The van der Waals surface area contributed by atoms with Crippen molar-refractivity contribution in [1.29, 1.82) is 0 Å². The molecule has 0 saturated carbocycles. The van der Waals surface area contributed by atoms with Gasteiger partial charge in [0, 0.05) is 0 Å². The van der Waals surface area contributed by atoms with Crippen molar-refractivity contribution < 1.29 is 13.9 Å². The molecule has 0 aliphatic carbocycles. The van der Waals surface area contributed by atoms with Gasteiger partial charge in [-0.3, -0.25) is 4.79 Å². The third kappa shape index (κ3) is 3.53. The Kier molecular flexibility index (Phi) is 4.47. The van der Waals surface area contributed by atoms with Gasteiger partial charge in [-0.15, -0.1) is 0 Å². The number of esters is 1. The minimum Gasteiger partial charge on any atom is -0.462 e. The third-order valence-corrected chi connectivity index (χ3v) is 2.84. The van der Waals surface area contributed by atoms with Crippen LogP contribution in [-0.4, -0.2) is 22.4 Å². The van der Waals surface area contributed by atoms with E-state index in [2.05, 4.69) is 5.10 Å². The van der Waals surface area contributed by atoms with Gasteiger partial charge in [0.1, 0.15) is 11.4 Å². The van der Waals surface area contributed by atoms with Crippen molar-refractivity contribution in [3.63, 3.8) is 0 Å². The Morgan fingerprint density at radius 2 is 2.00 bits per heavy atom. The zero-order valence-electron chi connectivity index (χ0n) is 11.8. The molecule has 2 aromatic rings. The Labute approximate surface area is 121 Å². The Morgan fingerprint density at radius 1 is 1.33 bits per heavy atom. The second kappa shape index (κ2) is 6.30. The highest BCUT2D eigenvalue weighted by molar-refractivity contribution is 5.88. The Hall–Kier alpha value is -2.50. The van der Waals surface area contributed by atoms with Crippen molar-refractivity contribution in [2.45, 2.75) is 20.4 Å². The number of aromatic nitrogens is 2. The molecule has 6 heteroatoms. The summed E-state index contributed by atoms with van der Waals surface area (Å²) in [7, 11) is 0. The summed E-state index contributed by atoms with van der Waals surface area (Å²) >= 11 is 0.